The molecule has 0 radical (unpaired) electrons. The molecule has 0 spiro atoms. The van der Waals surface area contributed by atoms with E-state index in [4.69, 9.17) is 9.47 Å². The van der Waals surface area contributed by atoms with Crippen LogP contribution >= 0.6 is 0 Å². The van der Waals surface area contributed by atoms with Crippen LogP contribution in [0, 0.1) is 0 Å². The number of hydrogen-bond acceptors (Lipinski definition) is 5. The molecule has 0 heterocycles. The van der Waals surface area contributed by atoms with Crippen LogP contribution in [0.2, 0.25) is 0 Å². The van der Waals surface area contributed by atoms with Crippen LogP contribution in [0.25, 0.3) is 0 Å². The lowest BCUT2D eigenvalue weighted by Crippen LogP contribution is -2.29. The number of hydrogen-bond donors (Lipinski definition) is 0. The highest BCUT2D eigenvalue weighted by molar-refractivity contribution is 7.91. The van der Waals surface area contributed by atoms with Crippen molar-refractivity contribution in [2.45, 2.75) is 18.4 Å². The molecule has 0 fully saturated rings. The van der Waals surface area contributed by atoms with Crippen molar-refractivity contribution in [3.8, 4) is 11.5 Å². The Balaban J connectivity index is 2.03. The van der Waals surface area contributed by atoms with Crippen molar-refractivity contribution >= 4 is 9.84 Å². The standard InChI is InChI=1S/C19H25NO4S/c1-4-20(12-13-25(21,22)17-8-6-5-7-9-17)15-16-10-11-18(23-2)19(14-16)24-3/h5-11,14H,4,12-13,15H2,1-3H3. The second kappa shape index (κ2) is 8.87. The molecule has 0 unspecified atom stereocenters. The Hall–Kier alpha value is -2.05. The largest absolute Gasteiger partial charge is 0.493 e. The van der Waals surface area contributed by atoms with E-state index in [1.807, 2.05) is 31.2 Å². The minimum absolute atomic E-state index is 0.0954. The summed E-state index contributed by atoms with van der Waals surface area (Å²) in [7, 11) is -0.0632. The first-order chi connectivity index (χ1) is 12.0. The first kappa shape index (κ1) is 19.3. The van der Waals surface area contributed by atoms with Crippen molar-refractivity contribution in [3.63, 3.8) is 0 Å². The molecule has 0 aromatic heterocycles. The van der Waals surface area contributed by atoms with Gasteiger partial charge in [-0.3, -0.25) is 4.90 Å². The zero-order valence-electron chi connectivity index (χ0n) is 14.9. The van der Waals surface area contributed by atoms with Crippen LogP contribution in [0.3, 0.4) is 0 Å². The molecule has 2 aromatic rings. The SMILES string of the molecule is CCN(CCS(=O)(=O)c1ccccc1)Cc1ccc(OC)c(OC)c1. The molecule has 0 aliphatic heterocycles. The predicted molar refractivity (Wildman–Crippen MR) is 99.0 cm³/mol. The maximum Gasteiger partial charge on any atom is 0.179 e. The fourth-order valence-electron chi connectivity index (χ4n) is 2.58. The van der Waals surface area contributed by atoms with E-state index in [0.29, 0.717) is 29.5 Å². The molecule has 2 rings (SSSR count). The van der Waals surface area contributed by atoms with Gasteiger partial charge in [-0.05, 0) is 36.4 Å². The molecule has 0 aliphatic carbocycles. The van der Waals surface area contributed by atoms with Gasteiger partial charge in [0.15, 0.2) is 21.3 Å². The molecule has 5 nitrogen and oxygen atoms in total. The maximum absolute atomic E-state index is 12.4. The van der Waals surface area contributed by atoms with Crippen LogP contribution in [0.5, 0.6) is 11.5 Å². The van der Waals surface area contributed by atoms with Crippen molar-refractivity contribution in [1.82, 2.24) is 4.90 Å². The Labute approximate surface area is 150 Å². The highest BCUT2D eigenvalue weighted by Gasteiger charge is 2.16. The van der Waals surface area contributed by atoms with E-state index in [-0.39, 0.29) is 5.75 Å². The lowest BCUT2D eigenvalue weighted by Gasteiger charge is -2.21. The third kappa shape index (κ3) is 5.21. The third-order valence-corrected chi connectivity index (χ3v) is 5.79. The van der Waals surface area contributed by atoms with Gasteiger partial charge in [0.1, 0.15) is 0 Å². The van der Waals surface area contributed by atoms with E-state index in [9.17, 15) is 8.42 Å². The molecule has 0 bridgehead atoms. The predicted octanol–water partition coefficient (Wildman–Crippen LogP) is 3.00. The van der Waals surface area contributed by atoms with Gasteiger partial charge in [0.2, 0.25) is 0 Å². The number of ether oxygens (including phenoxy) is 2. The van der Waals surface area contributed by atoms with Crippen LogP contribution in [0.1, 0.15) is 12.5 Å². The van der Waals surface area contributed by atoms with Gasteiger partial charge in [-0.1, -0.05) is 31.2 Å². The highest BCUT2D eigenvalue weighted by atomic mass is 32.2. The number of nitrogens with zero attached hydrogens (tertiary/aromatic N) is 1. The van der Waals surface area contributed by atoms with Crippen LogP contribution in [-0.4, -0.2) is 46.4 Å². The smallest absolute Gasteiger partial charge is 0.179 e. The summed E-state index contributed by atoms with van der Waals surface area (Å²) in [6.07, 6.45) is 0. The molecule has 0 aliphatic rings. The van der Waals surface area contributed by atoms with Gasteiger partial charge in [0.25, 0.3) is 0 Å². The molecule has 136 valence electrons. The topological polar surface area (TPSA) is 55.8 Å². The zero-order valence-corrected chi connectivity index (χ0v) is 15.8. The fraction of sp³-hybridized carbons (Fsp3) is 0.368. The summed E-state index contributed by atoms with van der Waals surface area (Å²) < 4.78 is 35.4. The summed E-state index contributed by atoms with van der Waals surface area (Å²) >= 11 is 0. The zero-order chi connectivity index (χ0) is 18.3. The van der Waals surface area contributed by atoms with E-state index < -0.39 is 9.84 Å². The first-order valence-corrected chi connectivity index (χ1v) is 9.86. The normalized spacial score (nSPS) is 11.5. The Morgan fingerprint density at radius 3 is 2.24 bits per heavy atom. The molecule has 0 atom stereocenters. The fourth-order valence-corrected chi connectivity index (χ4v) is 3.89. The van der Waals surface area contributed by atoms with Crippen molar-refractivity contribution < 1.29 is 17.9 Å². The summed E-state index contributed by atoms with van der Waals surface area (Å²) in [5.41, 5.74) is 1.05. The van der Waals surface area contributed by atoms with Gasteiger partial charge in [-0.2, -0.15) is 0 Å². The minimum Gasteiger partial charge on any atom is -0.493 e. The Morgan fingerprint density at radius 2 is 1.64 bits per heavy atom. The van der Waals surface area contributed by atoms with Gasteiger partial charge >= 0.3 is 0 Å². The average Bonchev–Trinajstić information content (AvgIpc) is 2.65. The average molecular weight is 363 g/mol. The molecule has 0 N–H and O–H groups in total. The number of sulfone groups is 1. The maximum atomic E-state index is 12.4. The van der Waals surface area contributed by atoms with E-state index in [2.05, 4.69) is 4.90 Å². The van der Waals surface area contributed by atoms with Crippen molar-refractivity contribution in [2.24, 2.45) is 0 Å². The second-order valence-corrected chi connectivity index (χ2v) is 7.80. The summed E-state index contributed by atoms with van der Waals surface area (Å²) in [4.78, 5) is 2.47. The number of methoxy groups -OCH3 is 2. The summed E-state index contributed by atoms with van der Waals surface area (Å²) in [6.45, 7) is 3.91. The Kier molecular flexibility index (Phi) is 6.84. The molecule has 0 amide bonds. The van der Waals surface area contributed by atoms with Gasteiger partial charge in [0, 0.05) is 13.1 Å². The van der Waals surface area contributed by atoms with Gasteiger partial charge in [-0.25, -0.2) is 8.42 Å². The van der Waals surface area contributed by atoms with Crippen molar-refractivity contribution in [3.05, 3.63) is 54.1 Å². The molecule has 25 heavy (non-hydrogen) atoms. The van der Waals surface area contributed by atoms with E-state index in [0.717, 1.165) is 12.1 Å². The lowest BCUT2D eigenvalue weighted by atomic mass is 10.2. The molecule has 2 aromatic carbocycles. The summed E-state index contributed by atoms with van der Waals surface area (Å²) in [6, 6.07) is 14.3. The van der Waals surface area contributed by atoms with E-state index in [1.165, 1.54) is 0 Å². The molecule has 0 saturated carbocycles. The van der Waals surface area contributed by atoms with Crippen LogP contribution in [0.4, 0.5) is 0 Å². The Morgan fingerprint density at radius 1 is 0.960 bits per heavy atom. The third-order valence-electron chi connectivity index (χ3n) is 4.08. The molecule has 6 heteroatoms. The van der Waals surface area contributed by atoms with E-state index >= 15 is 0 Å². The second-order valence-electron chi connectivity index (χ2n) is 5.69. The number of benzene rings is 2. The first-order valence-electron chi connectivity index (χ1n) is 8.21. The monoisotopic (exact) mass is 363 g/mol. The van der Waals surface area contributed by atoms with Gasteiger partial charge < -0.3 is 9.47 Å². The van der Waals surface area contributed by atoms with Crippen LogP contribution in [-0.2, 0) is 16.4 Å². The van der Waals surface area contributed by atoms with Crippen molar-refractivity contribution in [1.29, 1.82) is 0 Å². The minimum atomic E-state index is -3.27. The molecular weight excluding hydrogens is 338 g/mol. The van der Waals surface area contributed by atoms with Crippen LogP contribution < -0.4 is 9.47 Å². The quantitative estimate of drug-likeness (QED) is 0.685. The summed E-state index contributed by atoms with van der Waals surface area (Å²) in [5, 5.41) is 0. The Bertz CT molecular complexity index is 775. The van der Waals surface area contributed by atoms with Crippen molar-refractivity contribution in [2.75, 3.05) is 33.1 Å². The lowest BCUT2D eigenvalue weighted by molar-refractivity contribution is 0.295. The van der Waals surface area contributed by atoms with Crippen LogP contribution in [0.15, 0.2) is 53.4 Å². The van der Waals surface area contributed by atoms with Gasteiger partial charge in [0.05, 0.1) is 24.9 Å². The highest BCUT2D eigenvalue weighted by Crippen LogP contribution is 2.28. The molecular formula is C19H25NO4S. The van der Waals surface area contributed by atoms with Gasteiger partial charge in [-0.15, -0.1) is 0 Å². The summed E-state index contributed by atoms with van der Waals surface area (Å²) in [5.74, 6) is 1.45. The number of rotatable bonds is 9. The van der Waals surface area contributed by atoms with E-state index in [1.54, 1.807) is 38.5 Å². The molecule has 0 saturated heterocycles.